The molecule has 2 nitrogen and oxygen atoms in total. The lowest BCUT2D eigenvalue weighted by Crippen LogP contribution is -2.26. The number of fused-ring (bicyclic) bond motifs is 2. The van der Waals surface area contributed by atoms with Gasteiger partial charge in [0, 0.05) is 6.04 Å². The van der Waals surface area contributed by atoms with Crippen molar-refractivity contribution in [2.45, 2.75) is 38.6 Å². The van der Waals surface area contributed by atoms with E-state index in [-0.39, 0.29) is 0 Å². The van der Waals surface area contributed by atoms with E-state index in [1.165, 1.54) is 31.2 Å². The van der Waals surface area contributed by atoms with Crippen molar-refractivity contribution in [1.29, 1.82) is 0 Å². The van der Waals surface area contributed by atoms with Crippen molar-refractivity contribution in [2.75, 3.05) is 11.1 Å². The molecule has 0 radical (unpaired) electrons. The predicted molar refractivity (Wildman–Crippen MR) is 68.5 cm³/mol. The van der Waals surface area contributed by atoms with Gasteiger partial charge >= 0.3 is 0 Å². The van der Waals surface area contributed by atoms with Crippen LogP contribution in [0.3, 0.4) is 0 Å². The van der Waals surface area contributed by atoms with Crippen LogP contribution in [-0.4, -0.2) is 6.04 Å². The summed E-state index contributed by atoms with van der Waals surface area (Å²) in [6.45, 7) is 2.08. The highest BCUT2D eigenvalue weighted by Gasteiger charge is 2.39. The molecular weight excluding hydrogens is 196 g/mol. The average molecular weight is 216 g/mol. The van der Waals surface area contributed by atoms with Crippen molar-refractivity contribution in [3.05, 3.63) is 23.8 Å². The highest BCUT2D eigenvalue weighted by Crippen LogP contribution is 2.45. The summed E-state index contributed by atoms with van der Waals surface area (Å²) in [6.07, 6.45) is 5.64. The maximum absolute atomic E-state index is 6.04. The minimum atomic E-state index is 0.670. The predicted octanol–water partition coefficient (Wildman–Crippen LogP) is 3.18. The Hall–Kier alpha value is -1.18. The second kappa shape index (κ2) is 3.69. The molecule has 2 saturated carbocycles. The Morgan fingerprint density at radius 1 is 1.25 bits per heavy atom. The maximum Gasteiger partial charge on any atom is 0.0576 e. The van der Waals surface area contributed by atoms with E-state index < -0.39 is 0 Å². The van der Waals surface area contributed by atoms with E-state index in [1.54, 1.807) is 0 Å². The smallest absolute Gasteiger partial charge is 0.0576 e. The number of nitrogen functional groups attached to an aromatic ring is 1. The molecule has 1 aromatic carbocycles. The van der Waals surface area contributed by atoms with Gasteiger partial charge in [0.25, 0.3) is 0 Å². The maximum atomic E-state index is 6.04. The number of hydrogen-bond donors (Lipinski definition) is 2. The van der Waals surface area contributed by atoms with Crippen LogP contribution < -0.4 is 11.1 Å². The van der Waals surface area contributed by atoms with Crippen molar-refractivity contribution in [1.82, 2.24) is 0 Å². The summed E-state index contributed by atoms with van der Waals surface area (Å²) < 4.78 is 0. The average Bonchev–Trinajstić information content (AvgIpc) is 2.84. The first-order chi connectivity index (χ1) is 7.72. The molecule has 0 saturated heterocycles. The molecule has 86 valence electrons. The lowest BCUT2D eigenvalue weighted by molar-refractivity contribution is 0.440. The van der Waals surface area contributed by atoms with Crippen LogP contribution in [0.1, 0.15) is 31.2 Å². The van der Waals surface area contributed by atoms with Gasteiger partial charge < -0.3 is 11.1 Å². The lowest BCUT2D eigenvalue weighted by atomic mass is 9.95. The summed E-state index contributed by atoms with van der Waals surface area (Å²) in [5, 5.41) is 3.64. The molecule has 0 aromatic heterocycles. The minimum Gasteiger partial charge on any atom is -0.397 e. The SMILES string of the molecule is Cc1ccc(NC2CC3CCC2C3)c(N)c1. The summed E-state index contributed by atoms with van der Waals surface area (Å²) in [5.41, 5.74) is 9.29. The van der Waals surface area contributed by atoms with Gasteiger partial charge in [-0.05, 0) is 55.7 Å². The van der Waals surface area contributed by atoms with Gasteiger partial charge in [-0.25, -0.2) is 0 Å². The van der Waals surface area contributed by atoms with Crippen LogP contribution in [0, 0.1) is 18.8 Å². The van der Waals surface area contributed by atoms with Crippen LogP contribution in [0.5, 0.6) is 0 Å². The second-order valence-electron chi connectivity index (χ2n) is 5.52. The summed E-state index contributed by atoms with van der Waals surface area (Å²) in [6, 6.07) is 6.97. The van der Waals surface area contributed by atoms with Crippen LogP contribution >= 0.6 is 0 Å². The summed E-state index contributed by atoms with van der Waals surface area (Å²) >= 11 is 0. The van der Waals surface area contributed by atoms with Crippen LogP contribution in [0.2, 0.25) is 0 Å². The van der Waals surface area contributed by atoms with Gasteiger partial charge in [0.05, 0.1) is 11.4 Å². The fourth-order valence-electron chi connectivity index (χ4n) is 3.43. The molecule has 3 atom stereocenters. The van der Waals surface area contributed by atoms with Crippen LogP contribution in [0.25, 0.3) is 0 Å². The van der Waals surface area contributed by atoms with Crippen molar-refractivity contribution in [3.63, 3.8) is 0 Å². The summed E-state index contributed by atoms with van der Waals surface area (Å²) in [7, 11) is 0. The van der Waals surface area contributed by atoms with Gasteiger partial charge in [0.15, 0.2) is 0 Å². The van der Waals surface area contributed by atoms with Gasteiger partial charge in [-0.1, -0.05) is 12.5 Å². The van der Waals surface area contributed by atoms with Gasteiger partial charge in [0.1, 0.15) is 0 Å². The Bertz CT molecular complexity index is 400. The number of nitrogens with one attached hydrogen (secondary N) is 1. The highest BCUT2D eigenvalue weighted by atomic mass is 15.0. The first-order valence-corrected chi connectivity index (χ1v) is 6.35. The fraction of sp³-hybridized carbons (Fsp3) is 0.571. The second-order valence-corrected chi connectivity index (χ2v) is 5.52. The molecule has 3 unspecified atom stereocenters. The first-order valence-electron chi connectivity index (χ1n) is 6.35. The monoisotopic (exact) mass is 216 g/mol. The topological polar surface area (TPSA) is 38.0 Å². The lowest BCUT2D eigenvalue weighted by Gasteiger charge is -2.24. The Kier molecular flexibility index (Phi) is 2.31. The molecule has 3 rings (SSSR count). The standard InChI is InChI=1S/C14H20N2/c1-9-2-5-13(12(15)6-9)16-14-8-10-3-4-11(14)7-10/h2,5-6,10-11,14,16H,3-4,7-8,15H2,1H3. The van der Waals surface area contributed by atoms with E-state index in [2.05, 4.69) is 30.4 Å². The van der Waals surface area contributed by atoms with E-state index in [1.807, 2.05) is 0 Å². The first kappa shape index (κ1) is 10.0. The molecule has 0 spiro atoms. The quantitative estimate of drug-likeness (QED) is 0.745. The van der Waals surface area contributed by atoms with Crippen molar-refractivity contribution < 1.29 is 0 Å². The zero-order chi connectivity index (χ0) is 11.1. The third kappa shape index (κ3) is 1.66. The molecule has 1 aromatic rings. The number of benzene rings is 1. The number of rotatable bonds is 2. The Labute approximate surface area is 97.2 Å². The van der Waals surface area contributed by atoms with Crippen molar-refractivity contribution >= 4 is 11.4 Å². The van der Waals surface area contributed by atoms with Crippen molar-refractivity contribution in [2.24, 2.45) is 11.8 Å². The zero-order valence-electron chi connectivity index (χ0n) is 9.87. The Balaban J connectivity index is 1.74. The number of hydrogen-bond acceptors (Lipinski definition) is 2. The summed E-state index contributed by atoms with van der Waals surface area (Å²) in [5.74, 6) is 1.87. The molecular formula is C14H20N2. The largest absolute Gasteiger partial charge is 0.397 e. The Morgan fingerprint density at radius 2 is 2.12 bits per heavy atom. The summed E-state index contributed by atoms with van der Waals surface area (Å²) in [4.78, 5) is 0. The van der Waals surface area contributed by atoms with Gasteiger partial charge in [0.2, 0.25) is 0 Å². The molecule has 0 heterocycles. The van der Waals surface area contributed by atoms with Crippen LogP contribution in [-0.2, 0) is 0 Å². The van der Waals surface area contributed by atoms with E-state index in [0.29, 0.717) is 6.04 Å². The number of anilines is 2. The number of nitrogens with two attached hydrogens (primary N) is 1. The van der Waals surface area contributed by atoms with Gasteiger partial charge in [-0.3, -0.25) is 0 Å². The zero-order valence-corrected chi connectivity index (χ0v) is 9.87. The molecule has 2 bridgehead atoms. The molecule has 2 aliphatic rings. The van der Waals surface area contributed by atoms with E-state index in [9.17, 15) is 0 Å². The van der Waals surface area contributed by atoms with Gasteiger partial charge in [-0.2, -0.15) is 0 Å². The molecule has 3 N–H and O–H groups in total. The molecule has 0 aliphatic heterocycles. The number of aryl methyl sites for hydroxylation is 1. The fourth-order valence-corrected chi connectivity index (χ4v) is 3.43. The van der Waals surface area contributed by atoms with E-state index in [4.69, 9.17) is 5.73 Å². The molecule has 16 heavy (non-hydrogen) atoms. The minimum absolute atomic E-state index is 0.670. The molecule has 2 fully saturated rings. The normalized spacial score (nSPS) is 31.9. The van der Waals surface area contributed by atoms with E-state index >= 15 is 0 Å². The van der Waals surface area contributed by atoms with Crippen LogP contribution in [0.4, 0.5) is 11.4 Å². The molecule has 2 aliphatic carbocycles. The third-order valence-corrected chi connectivity index (χ3v) is 4.29. The van der Waals surface area contributed by atoms with Crippen LogP contribution in [0.15, 0.2) is 18.2 Å². The highest BCUT2D eigenvalue weighted by molar-refractivity contribution is 5.67. The van der Waals surface area contributed by atoms with Crippen molar-refractivity contribution in [3.8, 4) is 0 Å². The van der Waals surface area contributed by atoms with Gasteiger partial charge in [-0.15, -0.1) is 0 Å². The third-order valence-electron chi connectivity index (χ3n) is 4.29. The molecule has 2 heteroatoms. The Morgan fingerprint density at radius 3 is 2.75 bits per heavy atom. The molecule has 0 amide bonds. The van der Waals surface area contributed by atoms with E-state index in [0.717, 1.165) is 23.2 Å².